The molecule has 1 nitrogen and oxygen atoms in total. The van der Waals surface area contributed by atoms with Gasteiger partial charge in [0.05, 0.1) is 4.83 Å². The number of thiol groups is 1. The fourth-order valence-corrected chi connectivity index (χ4v) is 2.47. The van der Waals surface area contributed by atoms with Crippen molar-refractivity contribution in [1.82, 2.24) is 0 Å². The second-order valence-electron chi connectivity index (χ2n) is 2.72. The first-order chi connectivity index (χ1) is 6.00. The van der Waals surface area contributed by atoms with E-state index in [0.29, 0.717) is 0 Å². The Balaban J connectivity index is 3.07. The summed E-state index contributed by atoms with van der Waals surface area (Å²) in [7, 11) is 0. The fraction of sp³-hybridized carbons (Fsp3) is 0.222. The molecule has 0 N–H and O–H groups in total. The van der Waals surface area contributed by atoms with Gasteiger partial charge >= 0.3 is 0 Å². The molecule has 0 radical (unpaired) electrons. The van der Waals surface area contributed by atoms with E-state index in [4.69, 9.17) is 0 Å². The Morgan fingerprint density at radius 1 is 1.54 bits per heavy atom. The summed E-state index contributed by atoms with van der Waals surface area (Å²) in [5.41, 5.74) is 0.962. The summed E-state index contributed by atoms with van der Waals surface area (Å²) in [5, 5.41) is 0. The van der Waals surface area contributed by atoms with Gasteiger partial charge in [-0.25, -0.2) is 0 Å². The molecule has 1 rings (SSSR count). The smallest absolute Gasteiger partial charge is 0.147 e. The molecule has 0 fully saturated rings. The van der Waals surface area contributed by atoms with Gasteiger partial charge in [-0.3, -0.25) is 4.79 Å². The Morgan fingerprint density at radius 2 is 2.15 bits per heavy atom. The van der Waals surface area contributed by atoms with Crippen molar-refractivity contribution in [2.45, 2.75) is 16.6 Å². The number of alkyl halides is 1. The van der Waals surface area contributed by atoms with Crippen LogP contribution in [0.15, 0.2) is 23.1 Å². The topological polar surface area (TPSA) is 17.1 Å². The first-order valence-corrected chi connectivity index (χ1v) is 6.09. The predicted octanol–water partition coefficient (Wildman–Crippen LogP) is 3.60. The molecule has 1 aromatic carbocycles. The van der Waals surface area contributed by atoms with Crippen molar-refractivity contribution in [3.05, 3.63) is 27.3 Å². The van der Waals surface area contributed by atoms with Crippen LogP contribution in [0.5, 0.6) is 0 Å². The Morgan fingerprint density at radius 3 is 2.62 bits per heavy atom. The van der Waals surface area contributed by atoms with Crippen molar-refractivity contribution in [1.29, 1.82) is 0 Å². The largest absolute Gasteiger partial charge is 0.298 e. The number of hydrogen-bond acceptors (Lipinski definition) is 2. The van der Waals surface area contributed by atoms with Gasteiger partial charge in [0.25, 0.3) is 0 Å². The van der Waals surface area contributed by atoms with Crippen LogP contribution in [0.2, 0.25) is 0 Å². The van der Waals surface area contributed by atoms with Crippen LogP contribution in [-0.2, 0) is 4.79 Å². The maximum Gasteiger partial charge on any atom is 0.147 e. The number of carbonyl (C=O) groups excluding carboxylic acids is 1. The van der Waals surface area contributed by atoms with E-state index in [-0.39, 0.29) is 10.6 Å². The highest BCUT2D eigenvalue weighted by Crippen LogP contribution is 2.27. The van der Waals surface area contributed by atoms with Gasteiger partial charge in [0.2, 0.25) is 0 Å². The molecule has 0 aliphatic rings. The van der Waals surface area contributed by atoms with Crippen LogP contribution in [0.3, 0.4) is 0 Å². The number of carbonyl (C=O) groups is 1. The summed E-state index contributed by atoms with van der Waals surface area (Å²) >= 11 is 9.79. The van der Waals surface area contributed by atoms with Crippen molar-refractivity contribution in [3.63, 3.8) is 0 Å². The summed E-state index contributed by atoms with van der Waals surface area (Å²) in [4.78, 5) is 11.8. The predicted molar refractivity (Wildman–Crippen MR) is 68.8 cm³/mol. The standard InChI is InChI=1S/C9H8BrIOS/c1-5(12)9(10)6-2-7(11)4-8(13)3-6/h2-4,9,13H,1H3. The van der Waals surface area contributed by atoms with Crippen LogP contribution in [0, 0.1) is 3.57 Å². The number of hydrogen-bond donors (Lipinski definition) is 1. The number of ketones is 1. The van der Waals surface area contributed by atoms with Gasteiger partial charge in [-0.1, -0.05) is 15.9 Å². The Hall–Kier alpha value is 0.450. The molecule has 4 heteroatoms. The van der Waals surface area contributed by atoms with Crippen LogP contribution in [0.1, 0.15) is 17.3 Å². The van der Waals surface area contributed by atoms with Crippen molar-refractivity contribution >= 4 is 56.9 Å². The van der Waals surface area contributed by atoms with Crippen molar-refractivity contribution in [2.24, 2.45) is 0 Å². The summed E-state index contributed by atoms with van der Waals surface area (Å²) in [5.74, 6) is 0.106. The second kappa shape index (κ2) is 4.79. The highest BCUT2D eigenvalue weighted by molar-refractivity contribution is 14.1. The quantitative estimate of drug-likeness (QED) is 0.478. The summed E-state index contributed by atoms with van der Waals surface area (Å²) in [6.07, 6.45) is 0. The lowest BCUT2D eigenvalue weighted by Crippen LogP contribution is -2.01. The maximum absolute atomic E-state index is 11.1. The van der Waals surface area contributed by atoms with E-state index >= 15 is 0 Å². The van der Waals surface area contributed by atoms with Crippen LogP contribution in [0.4, 0.5) is 0 Å². The van der Waals surface area contributed by atoms with Crippen molar-refractivity contribution in [3.8, 4) is 0 Å². The van der Waals surface area contributed by atoms with Crippen LogP contribution in [0.25, 0.3) is 0 Å². The summed E-state index contributed by atoms with van der Waals surface area (Å²) < 4.78 is 1.09. The molecule has 0 spiro atoms. The molecule has 70 valence electrons. The van der Waals surface area contributed by atoms with Crippen molar-refractivity contribution in [2.75, 3.05) is 0 Å². The maximum atomic E-state index is 11.1. The minimum atomic E-state index is -0.215. The van der Waals surface area contributed by atoms with Gasteiger partial charge < -0.3 is 0 Å². The van der Waals surface area contributed by atoms with Gasteiger partial charge in [-0.05, 0) is 53.3 Å². The third-order valence-electron chi connectivity index (χ3n) is 1.55. The van der Waals surface area contributed by atoms with Crippen LogP contribution >= 0.6 is 51.1 Å². The minimum Gasteiger partial charge on any atom is -0.298 e. The highest BCUT2D eigenvalue weighted by Gasteiger charge is 2.12. The number of halogens is 2. The molecule has 0 aromatic heterocycles. The monoisotopic (exact) mass is 370 g/mol. The van der Waals surface area contributed by atoms with Gasteiger partial charge in [0.1, 0.15) is 5.78 Å². The molecule has 0 aliphatic carbocycles. The first kappa shape index (κ1) is 11.5. The zero-order valence-corrected chi connectivity index (χ0v) is 11.6. The second-order valence-corrected chi connectivity index (χ2v) is 5.39. The molecular formula is C9H8BrIOS. The molecule has 0 saturated carbocycles. The van der Waals surface area contributed by atoms with Gasteiger partial charge in [-0.2, -0.15) is 0 Å². The van der Waals surface area contributed by atoms with Gasteiger partial charge in [0, 0.05) is 8.47 Å². The molecule has 0 saturated heterocycles. The van der Waals surface area contributed by atoms with Gasteiger partial charge in [0.15, 0.2) is 0 Å². The average molecular weight is 371 g/mol. The lowest BCUT2D eigenvalue weighted by molar-refractivity contribution is -0.116. The Bertz CT molecular complexity index is 320. The van der Waals surface area contributed by atoms with E-state index < -0.39 is 0 Å². The van der Waals surface area contributed by atoms with E-state index in [1.54, 1.807) is 6.92 Å². The lowest BCUT2D eigenvalue weighted by atomic mass is 10.1. The lowest BCUT2D eigenvalue weighted by Gasteiger charge is -2.07. The Labute approximate surface area is 105 Å². The molecule has 1 aromatic rings. The molecule has 1 unspecified atom stereocenters. The third-order valence-corrected chi connectivity index (χ3v) is 3.61. The molecule has 0 aliphatic heterocycles. The molecule has 0 bridgehead atoms. The third kappa shape index (κ3) is 3.25. The first-order valence-electron chi connectivity index (χ1n) is 3.64. The van der Waals surface area contributed by atoms with E-state index in [0.717, 1.165) is 14.0 Å². The van der Waals surface area contributed by atoms with E-state index in [1.165, 1.54) is 0 Å². The number of rotatable bonds is 2. The number of benzene rings is 1. The molecule has 0 amide bonds. The molecular weight excluding hydrogens is 363 g/mol. The summed E-state index contributed by atoms with van der Waals surface area (Å²) in [6, 6.07) is 5.82. The van der Waals surface area contributed by atoms with Gasteiger partial charge in [-0.15, -0.1) is 12.6 Å². The van der Waals surface area contributed by atoms with Crippen LogP contribution in [-0.4, -0.2) is 5.78 Å². The fourth-order valence-electron chi connectivity index (χ4n) is 0.977. The average Bonchev–Trinajstić information content (AvgIpc) is 2.01. The molecule has 0 heterocycles. The summed E-state index contributed by atoms with van der Waals surface area (Å²) in [6.45, 7) is 1.57. The normalized spacial score (nSPS) is 12.6. The van der Waals surface area contributed by atoms with E-state index in [1.807, 2.05) is 18.2 Å². The minimum absolute atomic E-state index is 0.106. The van der Waals surface area contributed by atoms with Crippen LogP contribution < -0.4 is 0 Å². The highest BCUT2D eigenvalue weighted by atomic mass is 127. The zero-order chi connectivity index (χ0) is 10.0. The van der Waals surface area contributed by atoms with E-state index in [2.05, 4.69) is 51.1 Å². The SMILES string of the molecule is CC(=O)C(Br)c1cc(S)cc(I)c1. The molecule has 13 heavy (non-hydrogen) atoms. The zero-order valence-electron chi connectivity index (χ0n) is 6.92. The Kier molecular flexibility index (Phi) is 4.25. The molecule has 1 atom stereocenters. The number of Topliss-reactive ketones (excluding diaryl/α,β-unsaturated/α-hetero) is 1. The van der Waals surface area contributed by atoms with E-state index in [9.17, 15) is 4.79 Å². The van der Waals surface area contributed by atoms with Crippen molar-refractivity contribution < 1.29 is 4.79 Å².